The maximum atomic E-state index is 12.7. The van der Waals surface area contributed by atoms with E-state index in [2.05, 4.69) is 19.2 Å². The van der Waals surface area contributed by atoms with Gasteiger partial charge < -0.3 is 10.1 Å². The number of rotatable bonds is 6. The van der Waals surface area contributed by atoms with Crippen molar-refractivity contribution in [3.63, 3.8) is 0 Å². The maximum absolute atomic E-state index is 12.7. The highest BCUT2D eigenvalue weighted by atomic mass is 19.1. The van der Waals surface area contributed by atoms with Crippen LogP contribution in [0, 0.1) is 5.82 Å². The Morgan fingerprint density at radius 2 is 1.88 bits per heavy atom. The summed E-state index contributed by atoms with van der Waals surface area (Å²) in [5, 5.41) is 3.36. The summed E-state index contributed by atoms with van der Waals surface area (Å²) in [6.07, 6.45) is 1.18. The summed E-state index contributed by atoms with van der Waals surface area (Å²) in [5.74, 6) is 0.470. The molecule has 1 aromatic carbocycles. The zero-order valence-corrected chi connectivity index (χ0v) is 10.2. The second-order valence-electron chi connectivity index (χ2n) is 4.10. The highest BCUT2D eigenvalue weighted by Crippen LogP contribution is 2.12. The van der Waals surface area contributed by atoms with Gasteiger partial charge >= 0.3 is 0 Å². The smallest absolute Gasteiger partial charge is 0.123 e. The van der Waals surface area contributed by atoms with Crippen LogP contribution in [0.5, 0.6) is 5.75 Å². The average molecular weight is 225 g/mol. The lowest BCUT2D eigenvalue weighted by atomic mass is 10.2. The van der Waals surface area contributed by atoms with Gasteiger partial charge in [0.2, 0.25) is 0 Å². The average Bonchev–Trinajstić information content (AvgIpc) is 2.29. The normalized spacial score (nSPS) is 14.5. The first-order valence-corrected chi connectivity index (χ1v) is 5.77. The van der Waals surface area contributed by atoms with Crippen molar-refractivity contribution in [2.24, 2.45) is 0 Å². The Balaban J connectivity index is 2.33. The van der Waals surface area contributed by atoms with Gasteiger partial charge in [0.05, 0.1) is 0 Å². The topological polar surface area (TPSA) is 21.3 Å². The molecule has 2 atom stereocenters. The molecular weight excluding hydrogens is 205 g/mol. The quantitative estimate of drug-likeness (QED) is 0.803. The minimum Gasteiger partial charge on any atom is -0.489 e. The number of ether oxygens (including phenoxy) is 1. The fourth-order valence-corrected chi connectivity index (χ4v) is 1.30. The largest absolute Gasteiger partial charge is 0.489 e. The van der Waals surface area contributed by atoms with E-state index in [4.69, 9.17) is 4.74 Å². The number of hydrogen-bond acceptors (Lipinski definition) is 2. The molecule has 90 valence electrons. The van der Waals surface area contributed by atoms with Crippen LogP contribution in [0.1, 0.15) is 27.2 Å². The van der Waals surface area contributed by atoms with Gasteiger partial charge in [-0.25, -0.2) is 4.39 Å². The van der Waals surface area contributed by atoms with E-state index in [-0.39, 0.29) is 11.9 Å². The maximum Gasteiger partial charge on any atom is 0.123 e. The van der Waals surface area contributed by atoms with Gasteiger partial charge in [-0.3, -0.25) is 0 Å². The fraction of sp³-hybridized carbons (Fsp3) is 0.538. The van der Waals surface area contributed by atoms with Gasteiger partial charge in [-0.05, 0) is 44.5 Å². The fourth-order valence-electron chi connectivity index (χ4n) is 1.30. The molecule has 0 fully saturated rings. The van der Waals surface area contributed by atoms with Gasteiger partial charge in [-0.1, -0.05) is 6.92 Å². The lowest BCUT2D eigenvalue weighted by molar-refractivity contribution is 0.212. The number of halogens is 1. The van der Waals surface area contributed by atoms with Gasteiger partial charge in [0, 0.05) is 12.6 Å². The Morgan fingerprint density at radius 3 is 2.44 bits per heavy atom. The molecular formula is C13H20FNO. The Hall–Kier alpha value is -1.09. The monoisotopic (exact) mass is 225 g/mol. The first-order chi connectivity index (χ1) is 7.61. The molecule has 0 saturated carbocycles. The lowest BCUT2D eigenvalue weighted by Crippen LogP contribution is -2.34. The van der Waals surface area contributed by atoms with Crippen LogP contribution < -0.4 is 10.1 Å². The van der Waals surface area contributed by atoms with E-state index in [1.165, 1.54) is 12.1 Å². The predicted octanol–water partition coefficient (Wildman–Crippen LogP) is 2.98. The van der Waals surface area contributed by atoms with Crippen LogP contribution in [0.15, 0.2) is 24.3 Å². The van der Waals surface area contributed by atoms with Crippen LogP contribution in [0.2, 0.25) is 0 Å². The molecule has 0 aromatic heterocycles. The first kappa shape index (κ1) is 13.0. The van der Waals surface area contributed by atoms with Crippen molar-refractivity contribution < 1.29 is 9.13 Å². The molecule has 0 radical (unpaired) electrons. The minimum absolute atomic E-state index is 0.0828. The SMILES string of the molecule is CCC(C)NCC(C)Oc1ccc(F)cc1. The molecule has 0 spiro atoms. The second-order valence-corrected chi connectivity index (χ2v) is 4.10. The molecule has 16 heavy (non-hydrogen) atoms. The van der Waals surface area contributed by atoms with Crippen molar-refractivity contribution in [3.05, 3.63) is 30.1 Å². The van der Waals surface area contributed by atoms with Gasteiger partial charge in [-0.2, -0.15) is 0 Å². The number of nitrogens with one attached hydrogen (secondary N) is 1. The summed E-state index contributed by atoms with van der Waals surface area (Å²) < 4.78 is 18.3. The molecule has 2 nitrogen and oxygen atoms in total. The van der Waals surface area contributed by atoms with Gasteiger partial charge in [-0.15, -0.1) is 0 Å². The minimum atomic E-state index is -0.238. The molecule has 0 saturated heterocycles. The van der Waals surface area contributed by atoms with Gasteiger partial charge in [0.1, 0.15) is 17.7 Å². The third-order valence-corrected chi connectivity index (χ3v) is 2.52. The summed E-state index contributed by atoms with van der Waals surface area (Å²) in [5.41, 5.74) is 0. The van der Waals surface area contributed by atoms with Crippen LogP contribution >= 0.6 is 0 Å². The second kappa shape index (κ2) is 6.48. The van der Waals surface area contributed by atoms with Crippen LogP contribution in [0.3, 0.4) is 0 Å². The van der Waals surface area contributed by atoms with E-state index in [0.717, 1.165) is 13.0 Å². The third-order valence-electron chi connectivity index (χ3n) is 2.52. The molecule has 1 rings (SSSR count). The van der Waals surface area contributed by atoms with Crippen molar-refractivity contribution in [3.8, 4) is 5.75 Å². The summed E-state index contributed by atoms with van der Waals surface area (Å²) >= 11 is 0. The van der Waals surface area contributed by atoms with Crippen molar-refractivity contribution in [2.75, 3.05) is 6.54 Å². The van der Waals surface area contributed by atoms with Crippen LogP contribution in [0.4, 0.5) is 4.39 Å². The van der Waals surface area contributed by atoms with Crippen molar-refractivity contribution in [1.29, 1.82) is 0 Å². The van der Waals surface area contributed by atoms with Crippen LogP contribution in [-0.4, -0.2) is 18.7 Å². The summed E-state index contributed by atoms with van der Waals surface area (Å²) in [6.45, 7) is 7.08. The van der Waals surface area contributed by atoms with Crippen molar-refractivity contribution in [1.82, 2.24) is 5.32 Å². The summed E-state index contributed by atoms with van der Waals surface area (Å²) in [4.78, 5) is 0. The molecule has 1 aromatic rings. The Labute approximate surface area is 96.8 Å². The van der Waals surface area contributed by atoms with Crippen molar-refractivity contribution >= 4 is 0 Å². The molecule has 0 bridgehead atoms. The standard InChI is InChI=1S/C13H20FNO/c1-4-10(2)15-9-11(3)16-13-7-5-12(14)6-8-13/h5-8,10-11,15H,4,9H2,1-3H3. The molecule has 0 aliphatic rings. The zero-order valence-electron chi connectivity index (χ0n) is 10.2. The molecule has 1 N–H and O–H groups in total. The molecule has 2 unspecified atom stereocenters. The molecule has 3 heteroatoms. The summed E-state index contributed by atoms with van der Waals surface area (Å²) in [7, 11) is 0. The van der Waals surface area contributed by atoms with E-state index < -0.39 is 0 Å². The number of benzene rings is 1. The Kier molecular flexibility index (Phi) is 5.26. The van der Waals surface area contributed by atoms with Crippen LogP contribution in [0.25, 0.3) is 0 Å². The van der Waals surface area contributed by atoms with Crippen molar-refractivity contribution in [2.45, 2.75) is 39.3 Å². The van der Waals surface area contributed by atoms with E-state index in [9.17, 15) is 4.39 Å². The Bertz CT molecular complexity index is 299. The van der Waals surface area contributed by atoms with Crippen LogP contribution in [-0.2, 0) is 0 Å². The zero-order chi connectivity index (χ0) is 12.0. The third kappa shape index (κ3) is 4.62. The molecule has 0 amide bonds. The van der Waals surface area contributed by atoms with Gasteiger partial charge in [0.15, 0.2) is 0 Å². The highest BCUT2D eigenvalue weighted by molar-refractivity contribution is 5.22. The first-order valence-electron chi connectivity index (χ1n) is 5.77. The van der Waals surface area contributed by atoms with E-state index in [0.29, 0.717) is 11.8 Å². The predicted molar refractivity (Wildman–Crippen MR) is 64.2 cm³/mol. The lowest BCUT2D eigenvalue weighted by Gasteiger charge is -2.18. The van der Waals surface area contributed by atoms with E-state index in [1.807, 2.05) is 6.92 Å². The highest BCUT2D eigenvalue weighted by Gasteiger charge is 2.05. The van der Waals surface area contributed by atoms with E-state index in [1.54, 1.807) is 12.1 Å². The number of hydrogen-bond donors (Lipinski definition) is 1. The van der Waals surface area contributed by atoms with E-state index >= 15 is 0 Å². The molecule has 0 aliphatic heterocycles. The Morgan fingerprint density at radius 1 is 1.25 bits per heavy atom. The molecule has 0 heterocycles. The molecule has 0 aliphatic carbocycles. The summed E-state index contributed by atoms with van der Waals surface area (Å²) in [6, 6.07) is 6.61. The van der Waals surface area contributed by atoms with Gasteiger partial charge in [0.25, 0.3) is 0 Å².